The average molecular weight is 244 g/mol. The molecule has 1 aliphatic heterocycles. The third kappa shape index (κ3) is 4.92. The number of aliphatic hydroxyl groups is 1. The van der Waals surface area contributed by atoms with Crippen LogP contribution >= 0.6 is 0 Å². The number of hydrogen-bond donors (Lipinski definition) is 2. The van der Waals surface area contributed by atoms with E-state index in [-0.39, 0.29) is 23.9 Å². The molecule has 0 amide bonds. The summed E-state index contributed by atoms with van der Waals surface area (Å²) in [5, 5.41) is 12.3. The molecule has 1 unspecified atom stereocenters. The van der Waals surface area contributed by atoms with Crippen LogP contribution < -0.4 is 5.32 Å². The zero-order chi connectivity index (χ0) is 13.1. The molecule has 1 heterocycles. The quantitative estimate of drug-likeness (QED) is 0.752. The highest BCUT2D eigenvalue weighted by atomic mass is 16.5. The largest absolute Gasteiger partial charge is 0.395 e. The molecule has 0 aromatic rings. The van der Waals surface area contributed by atoms with Crippen LogP contribution in [0.5, 0.6) is 0 Å². The summed E-state index contributed by atoms with van der Waals surface area (Å²) < 4.78 is 6.04. The fourth-order valence-electron chi connectivity index (χ4n) is 2.77. The maximum absolute atomic E-state index is 9.16. The first-order valence-electron chi connectivity index (χ1n) is 6.49. The second kappa shape index (κ2) is 5.65. The molecule has 1 saturated heterocycles. The summed E-state index contributed by atoms with van der Waals surface area (Å²) in [4.78, 5) is 2.43. The van der Waals surface area contributed by atoms with Gasteiger partial charge in [-0.05, 0) is 47.7 Å². The van der Waals surface area contributed by atoms with Gasteiger partial charge in [0.2, 0.25) is 0 Å². The lowest BCUT2D eigenvalue weighted by Crippen LogP contribution is -2.57. The molecule has 1 rings (SSSR count). The number of nitrogens with zero attached hydrogens (tertiary/aromatic N) is 1. The Hall–Kier alpha value is -0.160. The molecule has 1 aliphatic rings. The van der Waals surface area contributed by atoms with Gasteiger partial charge in [-0.3, -0.25) is 4.90 Å². The van der Waals surface area contributed by atoms with Gasteiger partial charge < -0.3 is 15.2 Å². The zero-order valence-electron chi connectivity index (χ0n) is 11.9. The van der Waals surface area contributed by atoms with Crippen LogP contribution in [0.1, 0.15) is 34.1 Å². The molecular formula is C13H28N2O2. The van der Waals surface area contributed by atoms with Crippen LogP contribution in [-0.4, -0.2) is 60.5 Å². The Balaban J connectivity index is 2.48. The Morgan fingerprint density at radius 1 is 1.24 bits per heavy atom. The summed E-state index contributed by atoms with van der Waals surface area (Å²) in [7, 11) is 1.90. The molecule has 102 valence electrons. The van der Waals surface area contributed by atoms with Gasteiger partial charge in [0.1, 0.15) is 0 Å². The molecule has 1 fully saturated rings. The van der Waals surface area contributed by atoms with Gasteiger partial charge in [0.25, 0.3) is 0 Å². The predicted molar refractivity (Wildman–Crippen MR) is 70.2 cm³/mol. The number of ether oxygens (including phenoxy) is 1. The second-order valence-corrected chi connectivity index (χ2v) is 6.29. The fraction of sp³-hybridized carbons (Fsp3) is 1.00. The van der Waals surface area contributed by atoms with Crippen LogP contribution in [0.15, 0.2) is 0 Å². The number of likely N-dealkylation sites (N-methyl/N-ethyl adjacent to an activating group) is 1. The van der Waals surface area contributed by atoms with Gasteiger partial charge in [-0.1, -0.05) is 0 Å². The summed E-state index contributed by atoms with van der Waals surface area (Å²) in [6.45, 7) is 11.7. The van der Waals surface area contributed by atoms with Crippen molar-refractivity contribution >= 4 is 0 Å². The van der Waals surface area contributed by atoms with Gasteiger partial charge in [-0.25, -0.2) is 0 Å². The van der Waals surface area contributed by atoms with Gasteiger partial charge in [0, 0.05) is 19.1 Å². The second-order valence-electron chi connectivity index (χ2n) is 6.29. The minimum atomic E-state index is -0.0872. The summed E-state index contributed by atoms with van der Waals surface area (Å²) >= 11 is 0. The number of morpholine rings is 1. The standard InChI is InChI=1S/C13H28N2O2/c1-12(2)9-15(10-13(3,4)17-12)7-6-11(8-16)14-5/h11,14,16H,6-10H2,1-5H3. The molecule has 0 spiro atoms. The predicted octanol–water partition coefficient (Wildman–Crippen LogP) is 0.846. The van der Waals surface area contributed by atoms with Gasteiger partial charge in [-0.15, -0.1) is 0 Å². The maximum atomic E-state index is 9.16. The van der Waals surface area contributed by atoms with Crippen molar-refractivity contribution in [3.05, 3.63) is 0 Å². The summed E-state index contributed by atoms with van der Waals surface area (Å²) in [5.41, 5.74) is -0.174. The van der Waals surface area contributed by atoms with Crippen molar-refractivity contribution in [1.29, 1.82) is 0 Å². The molecule has 0 radical (unpaired) electrons. The average Bonchev–Trinajstić information content (AvgIpc) is 2.14. The number of nitrogens with one attached hydrogen (secondary N) is 1. The van der Waals surface area contributed by atoms with Crippen LogP contribution in [0.3, 0.4) is 0 Å². The zero-order valence-corrected chi connectivity index (χ0v) is 11.9. The van der Waals surface area contributed by atoms with E-state index in [0.29, 0.717) is 0 Å². The molecule has 4 nitrogen and oxygen atoms in total. The number of rotatable bonds is 5. The SMILES string of the molecule is CNC(CO)CCN1CC(C)(C)OC(C)(C)C1. The highest BCUT2D eigenvalue weighted by Gasteiger charge is 2.37. The first-order chi connectivity index (χ1) is 7.78. The Morgan fingerprint density at radius 3 is 2.18 bits per heavy atom. The van der Waals surface area contributed by atoms with E-state index in [0.717, 1.165) is 26.1 Å². The Kier molecular flexibility index (Phi) is 4.95. The van der Waals surface area contributed by atoms with E-state index in [1.807, 2.05) is 7.05 Å². The topological polar surface area (TPSA) is 44.7 Å². The lowest BCUT2D eigenvalue weighted by Gasteiger charge is -2.47. The van der Waals surface area contributed by atoms with E-state index in [2.05, 4.69) is 37.9 Å². The van der Waals surface area contributed by atoms with Gasteiger partial charge in [0.05, 0.1) is 17.8 Å². The lowest BCUT2D eigenvalue weighted by molar-refractivity contribution is -0.180. The van der Waals surface area contributed by atoms with Crippen molar-refractivity contribution in [1.82, 2.24) is 10.2 Å². The van der Waals surface area contributed by atoms with Crippen LogP contribution in [0.4, 0.5) is 0 Å². The summed E-state index contributed by atoms with van der Waals surface area (Å²) in [5.74, 6) is 0. The van der Waals surface area contributed by atoms with Crippen LogP contribution in [0.25, 0.3) is 0 Å². The molecule has 0 saturated carbocycles. The van der Waals surface area contributed by atoms with Crippen molar-refractivity contribution in [3.8, 4) is 0 Å². The third-order valence-electron chi connectivity index (χ3n) is 3.18. The molecule has 0 aromatic heterocycles. The Labute approximate surface area is 105 Å². The van der Waals surface area contributed by atoms with E-state index in [9.17, 15) is 0 Å². The summed E-state index contributed by atoms with van der Waals surface area (Å²) in [6.07, 6.45) is 0.971. The monoisotopic (exact) mass is 244 g/mol. The van der Waals surface area contributed by atoms with Crippen molar-refractivity contribution in [2.75, 3.05) is 33.3 Å². The normalized spacial score (nSPS) is 25.8. The highest BCUT2D eigenvalue weighted by Crippen LogP contribution is 2.27. The maximum Gasteiger partial charge on any atom is 0.0760 e. The van der Waals surface area contributed by atoms with Crippen molar-refractivity contribution < 1.29 is 9.84 Å². The van der Waals surface area contributed by atoms with Gasteiger partial charge in [0.15, 0.2) is 0 Å². The van der Waals surface area contributed by atoms with E-state index >= 15 is 0 Å². The molecule has 0 aliphatic carbocycles. The van der Waals surface area contributed by atoms with Crippen LogP contribution in [0, 0.1) is 0 Å². The molecule has 2 N–H and O–H groups in total. The molecule has 1 atom stereocenters. The van der Waals surface area contributed by atoms with Crippen molar-refractivity contribution in [3.63, 3.8) is 0 Å². The summed E-state index contributed by atoms with van der Waals surface area (Å²) in [6, 6.07) is 0.198. The molecular weight excluding hydrogens is 216 g/mol. The first-order valence-corrected chi connectivity index (χ1v) is 6.49. The lowest BCUT2D eigenvalue weighted by atomic mass is 9.98. The minimum absolute atomic E-state index is 0.0872. The number of aliphatic hydroxyl groups excluding tert-OH is 1. The molecule has 17 heavy (non-hydrogen) atoms. The van der Waals surface area contributed by atoms with E-state index in [4.69, 9.17) is 9.84 Å². The van der Waals surface area contributed by atoms with E-state index in [1.165, 1.54) is 0 Å². The van der Waals surface area contributed by atoms with E-state index < -0.39 is 0 Å². The molecule has 0 bridgehead atoms. The minimum Gasteiger partial charge on any atom is -0.395 e. The van der Waals surface area contributed by atoms with Crippen molar-refractivity contribution in [2.45, 2.75) is 51.4 Å². The third-order valence-corrected chi connectivity index (χ3v) is 3.18. The van der Waals surface area contributed by atoms with Gasteiger partial charge in [-0.2, -0.15) is 0 Å². The highest BCUT2D eigenvalue weighted by molar-refractivity contribution is 4.89. The Morgan fingerprint density at radius 2 is 1.76 bits per heavy atom. The van der Waals surface area contributed by atoms with Crippen LogP contribution in [-0.2, 0) is 4.74 Å². The molecule has 4 heteroatoms. The first kappa shape index (κ1) is 14.9. The molecule has 0 aromatic carbocycles. The van der Waals surface area contributed by atoms with Crippen LogP contribution in [0.2, 0.25) is 0 Å². The smallest absolute Gasteiger partial charge is 0.0760 e. The number of hydrogen-bond acceptors (Lipinski definition) is 4. The van der Waals surface area contributed by atoms with E-state index in [1.54, 1.807) is 0 Å². The Bertz CT molecular complexity index is 222. The fourth-order valence-corrected chi connectivity index (χ4v) is 2.77. The van der Waals surface area contributed by atoms with Gasteiger partial charge >= 0.3 is 0 Å². The van der Waals surface area contributed by atoms with Crippen molar-refractivity contribution in [2.24, 2.45) is 0 Å².